The highest BCUT2D eigenvalue weighted by molar-refractivity contribution is 7.18. The van der Waals surface area contributed by atoms with Gasteiger partial charge in [-0.2, -0.15) is 5.10 Å². The van der Waals surface area contributed by atoms with E-state index in [1.165, 1.54) is 13.4 Å². The van der Waals surface area contributed by atoms with Gasteiger partial charge < -0.3 is 10.1 Å². The maximum absolute atomic E-state index is 11.3. The van der Waals surface area contributed by atoms with Crippen LogP contribution in [0.25, 0.3) is 0 Å². The standard InChI is InChI=1S/C8H8ClN5O2S/c1-16-7(15)5-6(9)13-8(17-5)10-2-4-11-3-12-14-4/h3H,2H2,1H3,(H,10,13)(H,11,12,14). The monoisotopic (exact) mass is 273 g/mol. The summed E-state index contributed by atoms with van der Waals surface area (Å²) in [6.45, 7) is 0.421. The fourth-order valence-electron chi connectivity index (χ4n) is 1.07. The van der Waals surface area contributed by atoms with E-state index in [0.29, 0.717) is 17.5 Å². The number of hydrogen-bond acceptors (Lipinski definition) is 7. The van der Waals surface area contributed by atoms with Crippen molar-refractivity contribution < 1.29 is 9.53 Å². The Hall–Kier alpha value is -1.67. The number of carbonyl (C=O) groups is 1. The van der Waals surface area contributed by atoms with Crippen LogP contribution in [0.15, 0.2) is 6.33 Å². The average Bonchev–Trinajstić information content (AvgIpc) is 2.94. The van der Waals surface area contributed by atoms with Crippen molar-refractivity contribution in [3.8, 4) is 0 Å². The van der Waals surface area contributed by atoms with Gasteiger partial charge in [-0.15, -0.1) is 0 Å². The Morgan fingerprint density at radius 1 is 1.71 bits per heavy atom. The minimum absolute atomic E-state index is 0.127. The normalized spacial score (nSPS) is 10.2. The number of aromatic amines is 1. The van der Waals surface area contributed by atoms with E-state index in [4.69, 9.17) is 11.6 Å². The third-order valence-corrected chi connectivity index (χ3v) is 3.21. The van der Waals surface area contributed by atoms with Gasteiger partial charge in [-0.05, 0) is 0 Å². The predicted molar refractivity (Wildman–Crippen MR) is 62.2 cm³/mol. The van der Waals surface area contributed by atoms with Gasteiger partial charge in [-0.3, -0.25) is 5.10 Å². The van der Waals surface area contributed by atoms with E-state index in [-0.39, 0.29) is 10.0 Å². The molecule has 0 aliphatic rings. The van der Waals surface area contributed by atoms with E-state index in [9.17, 15) is 4.79 Å². The number of methoxy groups -OCH3 is 1. The Balaban J connectivity index is 2.05. The number of thiazole rings is 1. The van der Waals surface area contributed by atoms with Crippen molar-refractivity contribution in [2.24, 2.45) is 0 Å². The van der Waals surface area contributed by atoms with Crippen LogP contribution in [-0.4, -0.2) is 33.2 Å². The molecule has 0 aromatic carbocycles. The van der Waals surface area contributed by atoms with Gasteiger partial charge in [-0.25, -0.2) is 14.8 Å². The van der Waals surface area contributed by atoms with Crippen molar-refractivity contribution >= 4 is 34.0 Å². The number of nitrogens with zero attached hydrogens (tertiary/aromatic N) is 3. The molecule has 0 atom stereocenters. The summed E-state index contributed by atoms with van der Waals surface area (Å²) in [5.41, 5.74) is 0. The maximum Gasteiger partial charge on any atom is 0.351 e. The van der Waals surface area contributed by atoms with E-state index >= 15 is 0 Å². The van der Waals surface area contributed by atoms with Gasteiger partial charge in [-0.1, -0.05) is 22.9 Å². The number of ether oxygens (including phenoxy) is 1. The number of H-pyrrole nitrogens is 1. The van der Waals surface area contributed by atoms with Gasteiger partial charge in [0.2, 0.25) is 0 Å². The summed E-state index contributed by atoms with van der Waals surface area (Å²) in [4.78, 5) is 19.5. The number of nitrogens with one attached hydrogen (secondary N) is 2. The predicted octanol–water partition coefficient (Wildman–Crippen LogP) is 1.31. The van der Waals surface area contributed by atoms with Crippen LogP contribution in [0.1, 0.15) is 15.5 Å². The molecule has 0 fully saturated rings. The molecule has 9 heteroatoms. The summed E-state index contributed by atoms with van der Waals surface area (Å²) >= 11 is 6.93. The van der Waals surface area contributed by atoms with Gasteiger partial charge in [0.05, 0.1) is 13.7 Å². The quantitative estimate of drug-likeness (QED) is 0.816. The molecule has 0 aliphatic carbocycles. The second-order valence-electron chi connectivity index (χ2n) is 2.92. The fraction of sp³-hybridized carbons (Fsp3) is 0.250. The Kier molecular flexibility index (Phi) is 3.55. The molecule has 0 spiro atoms. The van der Waals surface area contributed by atoms with Crippen LogP contribution in [-0.2, 0) is 11.3 Å². The zero-order valence-corrected chi connectivity index (χ0v) is 10.3. The van der Waals surface area contributed by atoms with Gasteiger partial charge in [0.25, 0.3) is 0 Å². The van der Waals surface area contributed by atoms with E-state index < -0.39 is 5.97 Å². The molecule has 90 valence electrons. The number of esters is 1. The highest BCUT2D eigenvalue weighted by Gasteiger charge is 2.17. The molecule has 0 radical (unpaired) electrons. The molecule has 2 heterocycles. The number of aromatic nitrogens is 4. The van der Waals surface area contributed by atoms with Gasteiger partial charge in [0.1, 0.15) is 12.2 Å². The third-order valence-electron chi connectivity index (χ3n) is 1.83. The Morgan fingerprint density at radius 2 is 2.53 bits per heavy atom. The lowest BCUT2D eigenvalue weighted by atomic mass is 10.6. The Labute approximate surface area is 105 Å². The molecule has 0 saturated heterocycles. The van der Waals surface area contributed by atoms with Crippen LogP contribution in [0.2, 0.25) is 5.15 Å². The zero-order valence-electron chi connectivity index (χ0n) is 8.73. The largest absolute Gasteiger partial charge is 0.465 e. The van der Waals surface area contributed by atoms with Crippen LogP contribution >= 0.6 is 22.9 Å². The number of rotatable bonds is 4. The van der Waals surface area contributed by atoms with Gasteiger partial charge >= 0.3 is 5.97 Å². The number of carbonyl (C=O) groups excluding carboxylic acids is 1. The zero-order chi connectivity index (χ0) is 12.3. The summed E-state index contributed by atoms with van der Waals surface area (Å²) in [5.74, 6) is 0.163. The SMILES string of the molecule is COC(=O)c1sc(NCc2ncn[nH]2)nc1Cl. The third kappa shape index (κ3) is 2.71. The first-order chi connectivity index (χ1) is 8.20. The van der Waals surface area contributed by atoms with Crippen LogP contribution in [0, 0.1) is 0 Å². The first-order valence-electron chi connectivity index (χ1n) is 4.53. The van der Waals surface area contributed by atoms with Crippen molar-refractivity contribution in [3.63, 3.8) is 0 Å². The van der Waals surface area contributed by atoms with Crippen LogP contribution in [0.5, 0.6) is 0 Å². The average molecular weight is 274 g/mol. The van der Waals surface area contributed by atoms with E-state index in [2.05, 4.69) is 30.2 Å². The molecule has 7 nitrogen and oxygen atoms in total. The van der Waals surface area contributed by atoms with Crippen LogP contribution in [0.4, 0.5) is 5.13 Å². The van der Waals surface area contributed by atoms with Gasteiger partial charge in [0, 0.05) is 0 Å². The first-order valence-corrected chi connectivity index (χ1v) is 5.73. The summed E-state index contributed by atoms with van der Waals surface area (Å²) in [7, 11) is 1.29. The summed E-state index contributed by atoms with van der Waals surface area (Å²) in [5, 5.41) is 10.0. The molecule has 2 aromatic rings. The van der Waals surface area contributed by atoms with Crippen LogP contribution in [0.3, 0.4) is 0 Å². The van der Waals surface area contributed by atoms with Crippen molar-refractivity contribution in [1.29, 1.82) is 0 Å². The second-order valence-corrected chi connectivity index (χ2v) is 4.27. The first kappa shape index (κ1) is 11.8. The second kappa shape index (κ2) is 5.11. The van der Waals surface area contributed by atoms with Crippen LogP contribution < -0.4 is 5.32 Å². The van der Waals surface area contributed by atoms with Crippen molar-refractivity contribution in [2.75, 3.05) is 12.4 Å². The van der Waals surface area contributed by atoms with E-state index in [0.717, 1.165) is 11.3 Å². The molecular formula is C8H8ClN5O2S. The lowest BCUT2D eigenvalue weighted by molar-refractivity contribution is 0.0606. The fourth-order valence-corrected chi connectivity index (χ4v) is 2.17. The minimum atomic E-state index is -0.500. The smallest absolute Gasteiger partial charge is 0.351 e. The molecule has 2 aromatic heterocycles. The molecule has 0 saturated carbocycles. The molecule has 17 heavy (non-hydrogen) atoms. The molecule has 0 unspecified atom stereocenters. The number of hydrogen-bond donors (Lipinski definition) is 2. The summed E-state index contributed by atoms with van der Waals surface area (Å²) in [6.07, 6.45) is 1.41. The number of halogens is 1. The lowest BCUT2D eigenvalue weighted by Crippen LogP contribution is -2.00. The van der Waals surface area contributed by atoms with Crippen molar-refractivity contribution in [3.05, 3.63) is 22.2 Å². The van der Waals surface area contributed by atoms with Gasteiger partial charge in [0.15, 0.2) is 15.2 Å². The van der Waals surface area contributed by atoms with Crippen molar-refractivity contribution in [1.82, 2.24) is 20.2 Å². The maximum atomic E-state index is 11.3. The highest BCUT2D eigenvalue weighted by Crippen LogP contribution is 2.27. The molecule has 2 N–H and O–H groups in total. The lowest BCUT2D eigenvalue weighted by Gasteiger charge is -1.97. The summed E-state index contributed by atoms with van der Waals surface area (Å²) < 4.78 is 4.57. The Bertz CT molecular complexity index is 512. The Morgan fingerprint density at radius 3 is 3.18 bits per heavy atom. The molecule has 2 rings (SSSR count). The van der Waals surface area contributed by atoms with Crippen molar-refractivity contribution in [2.45, 2.75) is 6.54 Å². The van der Waals surface area contributed by atoms with E-state index in [1.54, 1.807) is 0 Å². The number of anilines is 1. The van der Waals surface area contributed by atoms with E-state index in [1.807, 2.05) is 0 Å². The molecule has 0 amide bonds. The topological polar surface area (TPSA) is 92.8 Å². The molecular weight excluding hydrogens is 266 g/mol. The summed E-state index contributed by atoms with van der Waals surface area (Å²) in [6, 6.07) is 0. The minimum Gasteiger partial charge on any atom is -0.465 e. The highest BCUT2D eigenvalue weighted by atomic mass is 35.5. The molecule has 0 bridgehead atoms. The molecule has 0 aliphatic heterocycles.